The third kappa shape index (κ3) is 3.68. The Morgan fingerprint density at radius 3 is 2.33 bits per heavy atom. The number of sulfone groups is 1. The van der Waals surface area contributed by atoms with Crippen molar-refractivity contribution < 1.29 is 21.9 Å². The fourth-order valence-corrected chi connectivity index (χ4v) is 5.73. The van der Waals surface area contributed by atoms with Crippen LogP contribution in [-0.2, 0) is 19.9 Å². The lowest BCUT2D eigenvalue weighted by Gasteiger charge is -2.23. The molecule has 0 atom stereocenters. The summed E-state index contributed by atoms with van der Waals surface area (Å²) < 4.78 is 49.8. The minimum Gasteiger partial charge on any atom is -0.505 e. The first-order chi connectivity index (χ1) is 9.61. The standard InChI is InChI=1S/C13H19NO5S2/c1-9-7-10(2)13(15)12(8-9)14-21(18,19)11-3-5-20(16,17)6-4-11/h7-8,11,14-15H,3-6H2,1-2H3. The topological polar surface area (TPSA) is 101 Å². The van der Waals surface area contributed by atoms with Gasteiger partial charge < -0.3 is 5.11 Å². The van der Waals surface area contributed by atoms with Crippen molar-refractivity contribution in [3.05, 3.63) is 23.3 Å². The number of hydrogen-bond donors (Lipinski definition) is 2. The Hall–Kier alpha value is -1.28. The molecule has 0 bridgehead atoms. The van der Waals surface area contributed by atoms with Gasteiger partial charge in [0.15, 0.2) is 0 Å². The van der Waals surface area contributed by atoms with Gasteiger partial charge >= 0.3 is 0 Å². The molecule has 0 saturated carbocycles. The number of aryl methyl sites for hydroxylation is 2. The number of aromatic hydroxyl groups is 1. The van der Waals surface area contributed by atoms with Gasteiger partial charge in [0.05, 0.1) is 22.4 Å². The van der Waals surface area contributed by atoms with Gasteiger partial charge in [-0.15, -0.1) is 0 Å². The van der Waals surface area contributed by atoms with Crippen LogP contribution in [0.1, 0.15) is 24.0 Å². The van der Waals surface area contributed by atoms with E-state index in [1.54, 1.807) is 26.0 Å². The Kier molecular flexibility index (Phi) is 4.21. The molecule has 2 rings (SSSR count). The van der Waals surface area contributed by atoms with Gasteiger partial charge in [-0.1, -0.05) is 6.07 Å². The number of phenolic OH excluding ortho intramolecular Hbond substituents is 1. The summed E-state index contributed by atoms with van der Waals surface area (Å²) in [7, 11) is -6.83. The molecule has 0 spiro atoms. The van der Waals surface area contributed by atoms with Crippen molar-refractivity contribution in [1.29, 1.82) is 0 Å². The van der Waals surface area contributed by atoms with E-state index in [4.69, 9.17) is 0 Å². The van der Waals surface area contributed by atoms with Gasteiger partial charge in [0, 0.05) is 0 Å². The Labute approximate surface area is 125 Å². The van der Waals surface area contributed by atoms with Gasteiger partial charge in [-0.2, -0.15) is 0 Å². The molecule has 1 aromatic rings. The molecule has 6 nitrogen and oxygen atoms in total. The lowest BCUT2D eigenvalue weighted by Crippen LogP contribution is -2.36. The molecule has 0 amide bonds. The number of rotatable bonds is 3. The number of anilines is 1. The monoisotopic (exact) mass is 333 g/mol. The summed E-state index contributed by atoms with van der Waals surface area (Å²) in [5.41, 5.74) is 1.55. The van der Waals surface area contributed by atoms with Crippen LogP contribution >= 0.6 is 0 Å². The second-order valence-corrected chi connectivity index (χ2v) is 9.74. The highest BCUT2D eigenvalue weighted by Crippen LogP contribution is 2.31. The number of benzene rings is 1. The molecule has 0 aromatic heterocycles. The second-order valence-electron chi connectivity index (χ2n) is 5.48. The lowest BCUT2D eigenvalue weighted by atomic mass is 10.1. The summed E-state index contributed by atoms with van der Waals surface area (Å²) in [5, 5.41) is 9.20. The van der Waals surface area contributed by atoms with E-state index >= 15 is 0 Å². The minimum absolute atomic E-state index is 0.0865. The summed E-state index contributed by atoms with van der Waals surface area (Å²) in [6, 6.07) is 3.31. The average molecular weight is 333 g/mol. The predicted molar refractivity (Wildman–Crippen MR) is 81.8 cm³/mol. The van der Waals surface area contributed by atoms with Gasteiger partial charge in [-0.3, -0.25) is 4.72 Å². The van der Waals surface area contributed by atoms with E-state index in [0.29, 0.717) is 5.56 Å². The first-order valence-electron chi connectivity index (χ1n) is 6.63. The fraction of sp³-hybridized carbons (Fsp3) is 0.538. The lowest BCUT2D eigenvalue weighted by molar-refractivity contribution is 0.473. The number of nitrogens with one attached hydrogen (secondary N) is 1. The predicted octanol–water partition coefficient (Wildman–Crippen LogP) is 1.33. The van der Waals surface area contributed by atoms with Crippen LogP contribution in [0.5, 0.6) is 5.75 Å². The molecular weight excluding hydrogens is 314 g/mol. The Bertz CT molecular complexity index is 739. The van der Waals surface area contributed by atoms with E-state index < -0.39 is 25.1 Å². The number of sulfonamides is 1. The Morgan fingerprint density at radius 1 is 1.19 bits per heavy atom. The quantitative estimate of drug-likeness (QED) is 0.813. The van der Waals surface area contributed by atoms with E-state index in [0.717, 1.165) is 5.56 Å². The maximum Gasteiger partial charge on any atom is 0.235 e. The van der Waals surface area contributed by atoms with Crippen LogP contribution in [0.4, 0.5) is 5.69 Å². The van der Waals surface area contributed by atoms with Gasteiger partial charge in [-0.25, -0.2) is 16.8 Å². The summed E-state index contributed by atoms with van der Waals surface area (Å²) >= 11 is 0. The fourth-order valence-electron chi connectivity index (χ4n) is 2.45. The molecule has 0 unspecified atom stereocenters. The summed E-state index contributed by atoms with van der Waals surface area (Å²) in [5.74, 6) is -0.331. The number of phenols is 1. The molecule has 1 fully saturated rings. The van der Waals surface area contributed by atoms with Gasteiger partial charge in [-0.05, 0) is 43.9 Å². The second kappa shape index (κ2) is 5.49. The smallest absolute Gasteiger partial charge is 0.235 e. The van der Waals surface area contributed by atoms with Gasteiger partial charge in [0.2, 0.25) is 10.0 Å². The zero-order chi connectivity index (χ0) is 15.8. The maximum absolute atomic E-state index is 12.3. The van der Waals surface area contributed by atoms with E-state index in [9.17, 15) is 21.9 Å². The molecule has 118 valence electrons. The zero-order valence-corrected chi connectivity index (χ0v) is 13.6. The zero-order valence-electron chi connectivity index (χ0n) is 12.0. The summed E-state index contributed by atoms with van der Waals surface area (Å²) in [6.45, 7) is 3.49. The van der Waals surface area contributed by atoms with E-state index in [2.05, 4.69) is 4.72 Å². The molecule has 0 radical (unpaired) electrons. The van der Waals surface area contributed by atoms with Crippen molar-refractivity contribution in [1.82, 2.24) is 0 Å². The minimum atomic E-state index is -3.72. The van der Waals surface area contributed by atoms with Crippen molar-refractivity contribution in [2.24, 2.45) is 0 Å². The molecular formula is C13H19NO5S2. The largest absolute Gasteiger partial charge is 0.505 e. The van der Waals surface area contributed by atoms with Crippen LogP contribution in [-0.4, -0.2) is 38.7 Å². The van der Waals surface area contributed by atoms with Crippen molar-refractivity contribution in [3.8, 4) is 5.75 Å². The summed E-state index contributed by atoms with van der Waals surface area (Å²) in [6.07, 6.45) is 0.173. The highest BCUT2D eigenvalue weighted by atomic mass is 32.2. The van der Waals surface area contributed by atoms with Crippen LogP contribution in [0.25, 0.3) is 0 Å². The molecule has 1 aliphatic heterocycles. The normalized spacial score (nSPS) is 19.3. The molecule has 2 N–H and O–H groups in total. The average Bonchev–Trinajstić information content (AvgIpc) is 2.34. The first kappa shape index (κ1) is 16.1. The molecule has 1 aromatic carbocycles. The first-order valence-corrected chi connectivity index (χ1v) is 10.00. The highest BCUT2D eigenvalue weighted by molar-refractivity contribution is 7.94. The van der Waals surface area contributed by atoms with E-state index in [1.165, 1.54) is 0 Å². The van der Waals surface area contributed by atoms with Crippen molar-refractivity contribution in [2.45, 2.75) is 31.9 Å². The third-order valence-electron chi connectivity index (χ3n) is 3.64. The molecule has 0 aliphatic carbocycles. The van der Waals surface area contributed by atoms with Crippen molar-refractivity contribution >= 4 is 25.5 Å². The SMILES string of the molecule is Cc1cc(C)c(O)c(NS(=O)(=O)C2CCS(=O)(=O)CC2)c1. The van der Waals surface area contributed by atoms with Gasteiger partial charge in [0.1, 0.15) is 15.6 Å². The summed E-state index contributed by atoms with van der Waals surface area (Å²) in [4.78, 5) is 0. The van der Waals surface area contributed by atoms with Crippen LogP contribution < -0.4 is 4.72 Å². The number of hydrogen-bond acceptors (Lipinski definition) is 5. The van der Waals surface area contributed by atoms with Crippen LogP contribution in [0, 0.1) is 13.8 Å². The molecule has 21 heavy (non-hydrogen) atoms. The van der Waals surface area contributed by atoms with E-state index in [1.807, 2.05) is 0 Å². The Balaban J connectivity index is 2.23. The third-order valence-corrected chi connectivity index (χ3v) is 7.21. The molecule has 8 heteroatoms. The van der Waals surface area contributed by atoms with Crippen molar-refractivity contribution in [2.75, 3.05) is 16.2 Å². The molecule has 1 saturated heterocycles. The maximum atomic E-state index is 12.3. The molecule has 1 aliphatic rings. The molecule has 1 heterocycles. The van der Waals surface area contributed by atoms with Crippen LogP contribution in [0.15, 0.2) is 12.1 Å². The van der Waals surface area contributed by atoms with Crippen LogP contribution in [0.2, 0.25) is 0 Å². The van der Waals surface area contributed by atoms with Crippen LogP contribution in [0.3, 0.4) is 0 Å². The van der Waals surface area contributed by atoms with Crippen molar-refractivity contribution in [3.63, 3.8) is 0 Å². The van der Waals surface area contributed by atoms with Gasteiger partial charge in [0.25, 0.3) is 0 Å². The van der Waals surface area contributed by atoms with E-state index in [-0.39, 0.29) is 35.8 Å². The Morgan fingerprint density at radius 2 is 1.76 bits per heavy atom. The highest BCUT2D eigenvalue weighted by Gasteiger charge is 2.33.